The SMILES string of the molecule is CC(C)c1ccc(S(=O)(=O)N2CCN(C(=O)NCCCC(=O)O)CC2)cc1. The van der Waals surface area contributed by atoms with Crippen LogP contribution in [-0.2, 0) is 14.8 Å². The van der Waals surface area contributed by atoms with Crippen molar-refractivity contribution in [2.24, 2.45) is 0 Å². The van der Waals surface area contributed by atoms with Crippen LogP contribution in [0.2, 0.25) is 0 Å². The Bertz CT molecular complexity index is 754. The van der Waals surface area contributed by atoms with E-state index in [9.17, 15) is 18.0 Å². The van der Waals surface area contributed by atoms with Crippen molar-refractivity contribution in [1.29, 1.82) is 0 Å². The zero-order valence-electron chi connectivity index (χ0n) is 15.7. The molecule has 0 atom stereocenters. The van der Waals surface area contributed by atoms with E-state index < -0.39 is 16.0 Å². The lowest BCUT2D eigenvalue weighted by Gasteiger charge is -2.34. The number of amides is 2. The van der Waals surface area contributed by atoms with Crippen molar-refractivity contribution in [2.45, 2.75) is 37.5 Å². The van der Waals surface area contributed by atoms with Gasteiger partial charge in [-0.15, -0.1) is 0 Å². The summed E-state index contributed by atoms with van der Waals surface area (Å²) < 4.78 is 26.9. The molecule has 1 aliphatic rings. The number of sulfonamides is 1. The molecule has 1 saturated heterocycles. The predicted molar refractivity (Wildman–Crippen MR) is 101 cm³/mol. The van der Waals surface area contributed by atoms with E-state index in [1.165, 1.54) is 4.31 Å². The van der Waals surface area contributed by atoms with Crippen molar-refractivity contribution in [3.05, 3.63) is 29.8 Å². The molecule has 0 saturated carbocycles. The molecule has 1 aromatic carbocycles. The van der Waals surface area contributed by atoms with Crippen LogP contribution in [0.3, 0.4) is 0 Å². The minimum atomic E-state index is -3.57. The van der Waals surface area contributed by atoms with Gasteiger partial charge in [0.1, 0.15) is 0 Å². The van der Waals surface area contributed by atoms with Gasteiger partial charge in [0.15, 0.2) is 0 Å². The van der Waals surface area contributed by atoms with E-state index in [1.807, 2.05) is 12.1 Å². The van der Waals surface area contributed by atoms with E-state index >= 15 is 0 Å². The number of carboxylic acids is 1. The number of carbonyl (C=O) groups is 2. The monoisotopic (exact) mass is 397 g/mol. The summed E-state index contributed by atoms with van der Waals surface area (Å²) in [7, 11) is -3.57. The molecule has 0 aliphatic carbocycles. The number of benzene rings is 1. The molecule has 0 aromatic heterocycles. The van der Waals surface area contributed by atoms with Crippen LogP contribution in [-0.4, -0.2) is 67.5 Å². The maximum atomic E-state index is 12.8. The largest absolute Gasteiger partial charge is 0.481 e. The third-order valence-electron chi connectivity index (χ3n) is 4.55. The zero-order chi connectivity index (χ0) is 20.0. The van der Waals surface area contributed by atoms with Gasteiger partial charge in [0.05, 0.1) is 4.90 Å². The van der Waals surface area contributed by atoms with E-state index in [0.717, 1.165) is 5.56 Å². The fourth-order valence-electron chi connectivity index (χ4n) is 2.85. The number of rotatable bonds is 7. The van der Waals surface area contributed by atoms with Gasteiger partial charge in [-0.25, -0.2) is 13.2 Å². The molecule has 8 nitrogen and oxygen atoms in total. The highest BCUT2D eigenvalue weighted by atomic mass is 32.2. The molecule has 2 rings (SSSR count). The van der Waals surface area contributed by atoms with Crippen LogP contribution in [0.1, 0.15) is 38.2 Å². The molecule has 2 N–H and O–H groups in total. The van der Waals surface area contributed by atoms with E-state index in [1.54, 1.807) is 17.0 Å². The Morgan fingerprint density at radius 2 is 1.70 bits per heavy atom. The Hall–Kier alpha value is -2.13. The third kappa shape index (κ3) is 5.67. The molecular formula is C18H27N3O5S. The van der Waals surface area contributed by atoms with Gasteiger partial charge in [-0.1, -0.05) is 26.0 Å². The first kappa shape index (κ1) is 21.2. The lowest BCUT2D eigenvalue weighted by molar-refractivity contribution is -0.137. The molecule has 0 bridgehead atoms. The average Bonchev–Trinajstić information content (AvgIpc) is 2.65. The van der Waals surface area contributed by atoms with Crippen LogP contribution in [0, 0.1) is 0 Å². The highest BCUT2D eigenvalue weighted by Gasteiger charge is 2.30. The van der Waals surface area contributed by atoms with Gasteiger partial charge in [0.2, 0.25) is 10.0 Å². The standard InChI is InChI=1S/C18H27N3O5S/c1-14(2)15-5-7-16(8-6-15)27(25,26)21-12-10-20(11-13-21)18(24)19-9-3-4-17(22)23/h5-8,14H,3-4,9-13H2,1-2H3,(H,19,24)(H,22,23). The van der Waals surface area contributed by atoms with Crippen molar-refractivity contribution in [3.63, 3.8) is 0 Å². The first-order valence-corrected chi connectivity index (χ1v) is 10.5. The zero-order valence-corrected chi connectivity index (χ0v) is 16.5. The maximum absolute atomic E-state index is 12.8. The minimum absolute atomic E-state index is 0.00189. The van der Waals surface area contributed by atoms with Gasteiger partial charge in [-0.3, -0.25) is 4.79 Å². The van der Waals surface area contributed by atoms with Crippen LogP contribution < -0.4 is 5.32 Å². The quantitative estimate of drug-likeness (QED) is 0.681. The molecular weight excluding hydrogens is 370 g/mol. The molecule has 9 heteroatoms. The molecule has 2 amide bonds. The molecule has 1 fully saturated rings. The highest BCUT2D eigenvalue weighted by Crippen LogP contribution is 2.21. The van der Waals surface area contributed by atoms with Gasteiger partial charge in [-0.2, -0.15) is 4.31 Å². The van der Waals surface area contributed by atoms with Gasteiger partial charge >= 0.3 is 12.0 Å². The molecule has 0 radical (unpaired) electrons. The molecule has 27 heavy (non-hydrogen) atoms. The number of nitrogens with one attached hydrogen (secondary N) is 1. The smallest absolute Gasteiger partial charge is 0.317 e. The van der Waals surface area contributed by atoms with Crippen LogP contribution in [0.5, 0.6) is 0 Å². The Balaban J connectivity index is 1.88. The Morgan fingerprint density at radius 3 is 2.22 bits per heavy atom. The molecule has 0 unspecified atom stereocenters. The fourth-order valence-corrected chi connectivity index (χ4v) is 4.27. The minimum Gasteiger partial charge on any atom is -0.481 e. The fraction of sp³-hybridized carbons (Fsp3) is 0.556. The summed E-state index contributed by atoms with van der Waals surface area (Å²) in [5.74, 6) is -0.566. The van der Waals surface area contributed by atoms with Gasteiger partial charge in [0, 0.05) is 39.1 Å². The first-order chi connectivity index (χ1) is 12.7. The van der Waals surface area contributed by atoms with Crippen molar-refractivity contribution >= 4 is 22.0 Å². The van der Waals surface area contributed by atoms with Gasteiger partial charge < -0.3 is 15.3 Å². The summed E-state index contributed by atoms with van der Waals surface area (Å²) in [4.78, 5) is 24.3. The summed E-state index contributed by atoms with van der Waals surface area (Å²) in [6, 6.07) is 6.63. The Labute approximate surface area is 160 Å². The number of carboxylic acid groups (broad SMARTS) is 1. The molecule has 1 heterocycles. The van der Waals surface area contributed by atoms with Gasteiger partial charge in [-0.05, 0) is 30.0 Å². The van der Waals surface area contributed by atoms with Crippen molar-refractivity contribution in [2.75, 3.05) is 32.7 Å². The van der Waals surface area contributed by atoms with Crippen molar-refractivity contribution < 1.29 is 23.1 Å². The van der Waals surface area contributed by atoms with Crippen molar-refractivity contribution in [3.8, 4) is 0 Å². The summed E-state index contributed by atoms with van der Waals surface area (Å²) in [6.45, 7) is 5.45. The average molecular weight is 397 g/mol. The summed E-state index contributed by atoms with van der Waals surface area (Å²) >= 11 is 0. The Morgan fingerprint density at radius 1 is 1.11 bits per heavy atom. The van der Waals surface area contributed by atoms with E-state index in [2.05, 4.69) is 19.2 Å². The number of urea groups is 1. The number of piperazine rings is 1. The number of hydrogen-bond acceptors (Lipinski definition) is 4. The lowest BCUT2D eigenvalue weighted by atomic mass is 10.0. The van der Waals surface area contributed by atoms with Crippen molar-refractivity contribution in [1.82, 2.24) is 14.5 Å². The first-order valence-electron chi connectivity index (χ1n) is 9.06. The van der Waals surface area contributed by atoms with Crippen LogP contribution >= 0.6 is 0 Å². The maximum Gasteiger partial charge on any atom is 0.317 e. The topological polar surface area (TPSA) is 107 Å². The van der Waals surface area contributed by atoms with Crippen LogP contribution in [0.25, 0.3) is 0 Å². The molecule has 1 aromatic rings. The number of nitrogens with zero attached hydrogens (tertiary/aromatic N) is 2. The Kier molecular flexibility index (Phi) is 7.20. The highest BCUT2D eigenvalue weighted by molar-refractivity contribution is 7.89. The van der Waals surface area contributed by atoms with E-state index in [4.69, 9.17) is 5.11 Å². The van der Waals surface area contributed by atoms with E-state index in [-0.39, 0.29) is 37.0 Å². The predicted octanol–water partition coefficient (Wildman–Crippen LogP) is 1.69. The molecule has 150 valence electrons. The second kappa shape index (κ2) is 9.18. The van der Waals surface area contributed by atoms with Gasteiger partial charge in [0.25, 0.3) is 0 Å². The molecule has 1 aliphatic heterocycles. The number of hydrogen-bond donors (Lipinski definition) is 2. The number of carbonyl (C=O) groups excluding carboxylic acids is 1. The summed E-state index contributed by atoms with van der Waals surface area (Å²) in [5.41, 5.74) is 1.08. The summed E-state index contributed by atoms with van der Waals surface area (Å²) in [5, 5.41) is 11.2. The van der Waals surface area contributed by atoms with Crippen LogP contribution in [0.15, 0.2) is 29.2 Å². The number of aliphatic carboxylic acids is 1. The lowest BCUT2D eigenvalue weighted by Crippen LogP contribution is -2.53. The second-order valence-corrected chi connectivity index (χ2v) is 8.78. The molecule has 0 spiro atoms. The second-order valence-electron chi connectivity index (χ2n) is 6.84. The normalized spacial score (nSPS) is 15.7. The van der Waals surface area contributed by atoms with E-state index in [0.29, 0.717) is 25.4 Å². The third-order valence-corrected chi connectivity index (χ3v) is 6.47. The van der Waals surface area contributed by atoms with Crippen LogP contribution in [0.4, 0.5) is 4.79 Å². The summed E-state index contributed by atoms with van der Waals surface area (Å²) in [6.07, 6.45) is 0.365.